The van der Waals surface area contributed by atoms with E-state index in [-0.39, 0.29) is 6.04 Å². The first-order valence-corrected chi connectivity index (χ1v) is 10.6. The van der Waals surface area contributed by atoms with Crippen molar-refractivity contribution in [3.63, 3.8) is 0 Å². The first-order chi connectivity index (χ1) is 10.9. The van der Waals surface area contributed by atoms with Crippen LogP contribution in [-0.4, -0.2) is 45.8 Å². The van der Waals surface area contributed by atoms with Crippen molar-refractivity contribution in [3.05, 3.63) is 0 Å². The fourth-order valence-corrected chi connectivity index (χ4v) is 4.76. The molecule has 1 aliphatic heterocycles. The van der Waals surface area contributed by atoms with E-state index in [9.17, 15) is 13.2 Å². The zero-order valence-electron chi connectivity index (χ0n) is 14.1. The molecule has 2 rings (SSSR count). The highest BCUT2D eigenvalue weighted by molar-refractivity contribution is 7.90. The lowest BCUT2D eigenvalue weighted by molar-refractivity contribution is -0.118. The molecule has 1 amide bonds. The van der Waals surface area contributed by atoms with E-state index in [0.717, 1.165) is 45.2 Å². The molecule has 1 heterocycles. The maximum absolute atomic E-state index is 12.1. The van der Waals surface area contributed by atoms with Crippen molar-refractivity contribution in [2.45, 2.75) is 57.9 Å². The minimum Gasteiger partial charge on any atom is -0.355 e. The number of sulfonamides is 1. The van der Waals surface area contributed by atoms with Crippen LogP contribution < -0.4 is 15.4 Å². The van der Waals surface area contributed by atoms with Crippen LogP contribution in [0.4, 0.5) is 0 Å². The zero-order chi connectivity index (χ0) is 16.7. The summed E-state index contributed by atoms with van der Waals surface area (Å²) in [5.41, 5.74) is 0. The van der Waals surface area contributed by atoms with Gasteiger partial charge in [0.1, 0.15) is 5.75 Å². The number of carbonyl (C=O) groups excluding carboxylic acids is 1. The predicted octanol–water partition coefficient (Wildman–Crippen LogP) is 0.990. The second kappa shape index (κ2) is 8.99. The summed E-state index contributed by atoms with van der Waals surface area (Å²) in [7, 11) is -3.53. The molecule has 0 aromatic heterocycles. The number of rotatable bonds is 7. The highest BCUT2D eigenvalue weighted by Crippen LogP contribution is 2.23. The Morgan fingerprint density at radius 3 is 2.57 bits per heavy atom. The van der Waals surface area contributed by atoms with E-state index in [1.54, 1.807) is 0 Å². The molecule has 0 aromatic carbocycles. The monoisotopic (exact) mass is 345 g/mol. The van der Waals surface area contributed by atoms with Gasteiger partial charge in [-0.25, -0.2) is 13.1 Å². The van der Waals surface area contributed by atoms with Crippen molar-refractivity contribution in [2.24, 2.45) is 11.8 Å². The Morgan fingerprint density at radius 1 is 1.17 bits per heavy atom. The molecular weight excluding hydrogens is 314 g/mol. The fraction of sp³-hybridized carbons (Fsp3) is 0.938. The van der Waals surface area contributed by atoms with Gasteiger partial charge in [-0.05, 0) is 69.9 Å². The molecule has 134 valence electrons. The van der Waals surface area contributed by atoms with Crippen molar-refractivity contribution in [2.75, 3.05) is 25.4 Å². The third-order valence-corrected chi connectivity index (χ3v) is 6.29. The fourth-order valence-electron chi connectivity index (χ4n) is 3.48. The van der Waals surface area contributed by atoms with Gasteiger partial charge in [-0.1, -0.05) is 6.92 Å². The van der Waals surface area contributed by atoms with Crippen LogP contribution in [0.3, 0.4) is 0 Å². The summed E-state index contributed by atoms with van der Waals surface area (Å²) in [4.78, 5) is 11.8. The second-order valence-corrected chi connectivity index (χ2v) is 8.94. The number of carbonyl (C=O) groups is 1. The molecule has 1 unspecified atom stereocenters. The van der Waals surface area contributed by atoms with Crippen LogP contribution >= 0.6 is 0 Å². The molecule has 1 saturated heterocycles. The summed E-state index contributed by atoms with van der Waals surface area (Å²) < 4.78 is 26.8. The Labute approximate surface area is 140 Å². The molecular formula is C16H31N3O3S. The summed E-state index contributed by atoms with van der Waals surface area (Å²) in [6.45, 7) is 4.82. The Bertz CT molecular complexity index is 467. The molecule has 1 saturated carbocycles. The van der Waals surface area contributed by atoms with Crippen molar-refractivity contribution in [1.29, 1.82) is 0 Å². The van der Waals surface area contributed by atoms with Crippen LogP contribution in [0.25, 0.3) is 0 Å². The van der Waals surface area contributed by atoms with Gasteiger partial charge in [0, 0.05) is 12.6 Å². The van der Waals surface area contributed by atoms with Gasteiger partial charge in [-0.15, -0.1) is 0 Å². The van der Waals surface area contributed by atoms with Gasteiger partial charge in [-0.3, -0.25) is 4.79 Å². The molecule has 0 spiro atoms. The number of nitrogens with one attached hydrogen (secondary N) is 3. The second-order valence-electron chi connectivity index (χ2n) is 7.18. The Morgan fingerprint density at radius 2 is 1.91 bits per heavy atom. The van der Waals surface area contributed by atoms with E-state index in [2.05, 4.69) is 22.3 Å². The lowest BCUT2D eigenvalue weighted by Crippen LogP contribution is -2.43. The van der Waals surface area contributed by atoms with Gasteiger partial charge in [-0.2, -0.15) is 0 Å². The summed E-state index contributed by atoms with van der Waals surface area (Å²) in [6.07, 6.45) is 7.11. The molecule has 1 aliphatic carbocycles. The van der Waals surface area contributed by atoms with Crippen LogP contribution in [0, 0.1) is 11.8 Å². The third kappa shape index (κ3) is 7.18. The first kappa shape index (κ1) is 18.7. The quantitative estimate of drug-likeness (QED) is 0.642. The number of hydrogen-bond donors (Lipinski definition) is 3. The molecule has 3 N–H and O–H groups in total. The molecule has 0 aromatic rings. The molecule has 7 heteroatoms. The van der Waals surface area contributed by atoms with Crippen LogP contribution in [-0.2, 0) is 14.8 Å². The van der Waals surface area contributed by atoms with Crippen LogP contribution in [0.1, 0.15) is 51.9 Å². The number of hydrogen-bond acceptors (Lipinski definition) is 4. The molecule has 6 nitrogen and oxygen atoms in total. The summed E-state index contributed by atoms with van der Waals surface area (Å²) in [5, 5.41) is 6.09. The Kier molecular flexibility index (Phi) is 7.30. The molecule has 23 heavy (non-hydrogen) atoms. The molecule has 0 bridgehead atoms. The van der Waals surface area contributed by atoms with E-state index < -0.39 is 21.7 Å². The summed E-state index contributed by atoms with van der Waals surface area (Å²) >= 11 is 0. The van der Waals surface area contributed by atoms with Gasteiger partial charge in [0.25, 0.3) is 0 Å². The van der Waals surface area contributed by atoms with Crippen LogP contribution in [0.2, 0.25) is 0 Å². The minimum atomic E-state index is -3.53. The van der Waals surface area contributed by atoms with E-state index in [0.29, 0.717) is 18.4 Å². The summed E-state index contributed by atoms with van der Waals surface area (Å²) in [5.74, 6) is 0.406. The molecule has 2 fully saturated rings. The lowest BCUT2D eigenvalue weighted by Gasteiger charge is -2.26. The molecule has 0 radical (unpaired) electrons. The SMILES string of the molecule is CC1CCC(NS(=O)(=O)CC(=O)NCCC2CCCNC2)CC1. The summed E-state index contributed by atoms with van der Waals surface area (Å²) in [6, 6.07) is -0.00249. The highest BCUT2D eigenvalue weighted by atomic mass is 32.2. The standard InChI is InChI=1S/C16H31N3O3S/c1-13-4-6-15(7-5-13)19-23(21,22)12-16(20)18-10-8-14-3-2-9-17-11-14/h13-15,17,19H,2-12H2,1H3,(H,18,20). The maximum atomic E-state index is 12.1. The zero-order valence-corrected chi connectivity index (χ0v) is 15.0. The van der Waals surface area contributed by atoms with Crippen molar-refractivity contribution in [3.8, 4) is 0 Å². The van der Waals surface area contributed by atoms with Crippen LogP contribution in [0.15, 0.2) is 0 Å². The molecule has 2 aliphatic rings. The normalized spacial score (nSPS) is 29.2. The Hall–Kier alpha value is -0.660. The van der Waals surface area contributed by atoms with Crippen molar-refractivity contribution >= 4 is 15.9 Å². The lowest BCUT2D eigenvalue weighted by atomic mass is 9.88. The topological polar surface area (TPSA) is 87.3 Å². The first-order valence-electron chi connectivity index (χ1n) is 8.92. The predicted molar refractivity (Wildman–Crippen MR) is 91.6 cm³/mol. The largest absolute Gasteiger partial charge is 0.355 e. The third-order valence-electron chi connectivity index (χ3n) is 4.96. The smallest absolute Gasteiger partial charge is 0.236 e. The van der Waals surface area contributed by atoms with Gasteiger partial charge in [0.15, 0.2) is 0 Å². The van der Waals surface area contributed by atoms with Gasteiger partial charge < -0.3 is 10.6 Å². The molecule has 1 atom stereocenters. The van der Waals surface area contributed by atoms with Gasteiger partial charge in [0.2, 0.25) is 15.9 Å². The van der Waals surface area contributed by atoms with E-state index in [1.165, 1.54) is 12.8 Å². The maximum Gasteiger partial charge on any atom is 0.236 e. The average Bonchev–Trinajstić information content (AvgIpc) is 2.50. The van der Waals surface area contributed by atoms with Gasteiger partial charge in [0.05, 0.1) is 0 Å². The van der Waals surface area contributed by atoms with Crippen molar-refractivity contribution in [1.82, 2.24) is 15.4 Å². The van der Waals surface area contributed by atoms with E-state index in [4.69, 9.17) is 0 Å². The van der Waals surface area contributed by atoms with E-state index in [1.807, 2.05) is 0 Å². The van der Waals surface area contributed by atoms with Crippen LogP contribution in [0.5, 0.6) is 0 Å². The minimum absolute atomic E-state index is 0.00249. The van der Waals surface area contributed by atoms with Crippen molar-refractivity contribution < 1.29 is 13.2 Å². The van der Waals surface area contributed by atoms with Gasteiger partial charge >= 0.3 is 0 Å². The highest BCUT2D eigenvalue weighted by Gasteiger charge is 2.24. The number of amides is 1. The Balaban J connectivity index is 1.64. The van der Waals surface area contributed by atoms with E-state index >= 15 is 0 Å². The average molecular weight is 346 g/mol. The number of piperidine rings is 1.